The van der Waals surface area contributed by atoms with Gasteiger partial charge >= 0.3 is 5.97 Å². The fourth-order valence-electron chi connectivity index (χ4n) is 1.73. The third kappa shape index (κ3) is 2.32. The largest absolute Gasteiger partial charge is 0.477 e. The molecule has 0 atom stereocenters. The molecule has 1 N–H and O–H groups in total. The molecule has 18 heavy (non-hydrogen) atoms. The van der Waals surface area contributed by atoms with E-state index in [1.807, 2.05) is 17.7 Å². The Bertz CT molecular complexity index is 627. The van der Waals surface area contributed by atoms with Gasteiger partial charge in [-0.1, -0.05) is 0 Å². The maximum absolute atomic E-state index is 11.8. The first-order valence-electron chi connectivity index (χ1n) is 5.50. The second-order valence-electron chi connectivity index (χ2n) is 3.89. The van der Waals surface area contributed by atoms with E-state index >= 15 is 0 Å². The van der Waals surface area contributed by atoms with Gasteiger partial charge in [0.25, 0.3) is 5.56 Å². The monoisotopic (exact) mass is 247 g/mol. The average Bonchev–Trinajstić information content (AvgIpc) is 2.73. The number of pyridine rings is 1. The van der Waals surface area contributed by atoms with Crippen LogP contribution in [0.1, 0.15) is 16.2 Å². The van der Waals surface area contributed by atoms with Crippen LogP contribution in [-0.2, 0) is 13.1 Å². The number of rotatable bonds is 4. The Kier molecular flexibility index (Phi) is 3.27. The highest BCUT2D eigenvalue weighted by molar-refractivity contribution is 5.86. The molecule has 94 valence electrons. The second kappa shape index (κ2) is 4.87. The number of imidazole rings is 1. The van der Waals surface area contributed by atoms with Crippen molar-refractivity contribution in [2.75, 3.05) is 0 Å². The molecule has 0 saturated carbocycles. The highest BCUT2D eigenvalue weighted by Gasteiger charge is 2.09. The molecule has 0 fully saturated rings. The van der Waals surface area contributed by atoms with Crippen LogP contribution in [0.4, 0.5) is 0 Å². The third-order valence-electron chi connectivity index (χ3n) is 2.76. The molecule has 6 nitrogen and oxygen atoms in total. The van der Waals surface area contributed by atoms with Gasteiger partial charge in [0, 0.05) is 31.7 Å². The van der Waals surface area contributed by atoms with Crippen molar-refractivity contribution in [1.29, 1.82) is 0 Å². The molecule has 0 amide bonds. The van der Waals surface area contributed by atoms with Crippen LogP contribution in [0.2, 0.25) is 0 Å². The van der Waals surface area contributed by atoms with Gasteiger partial charge in [0.05, 0.1) is 0 Å². The molecule has 0 aromatic carbocycles. The maximum Gasteiger partial charge on any atom is 0.341 e. The van der Waals surface area contributed by atoms with Gasteiger partial charge in [0.2, 0.25) is 0 Å². The molecule has 0 bridgehead atoms. The zero-order valence-corrected chi connectivity index (χ0v) is 9.91. The van der Waals surface area contributed by atoms with E-state index in [1.165, 1.54) is 10.6 Å². The lowest BCUT2D eigenvalue weighted by molar-refractivity contribution is 0.0694. The highest BCUT2D eigenvalue weighted by Crippen LogP contribution is 1.97. The molecule has 0 aliphatic rings. The first kappa shape index (κ1) is 12.1. The van der Waals surface area contributed by atoms with Crippen LogP contribution in [0.3, 0.4) is 0 Å². The summed E-state index contributed by atoms with van der Waals surface area (Å²) in [5.41, 5.74) is -0.692. The molecular formula is C12H13N3O3. The van der Waals surface area contributed by atoms with Crippen molar-refractivity contribution in [2.45, 2.75) is 20.0 Å². The lowest BCUT2D eigenvalue weighted by Gasteiger charge is -2.08. The van der Waals surface area contributed by atoms with Crippen LogP contribution in [0.5, 0.6) is 0 Å². The van der Waals surface area contributed by atoms with Gasteiger partial charge in [-0.05, 0) is 19.1 Å². The predicted octanol–water partition coefficient (Wildman–Crippen LogP) is 0.752. The number of aryl methyl sites for hydroxylation is 3. The molecule has 6 heteroatoms. The van der Waals surface area contributed by atoms with Gasteiger partial charge in [-0.25, -0.2) is 9.78 Å². The van der Waals surface area contributed by atoms with Crippen molar-refractivity contribution >= 4 is 5.97 Å². The van der Waals surface area contributed by atoms with Crippen molar-refractivity contribution in [2.24, 2.45) is 0 Å². The average molecular weight is 247 g/mol. The van der Waals surface area contributed by atoms with Gasteiger partial charge in [-0.15, -0.1) is 0 Å². The van der Waals surface area contributed by atoms with Crippen LogP contribution < -0.4 is 5.56 Å². The van der Waals surface area contributed by atoms with Gasteiger partial charge in [0.1, 0.15) is 11.4 Å². The molecule has 0 aliphatic heterocycles. The predicted molar refractivity (Wildman–Crippen MR) is 64.6 cm³/mol. The Hall–Kier alpha value is -2.37. The summed E-state index contributed by atoms with van der Waals surface area (Å²) >= 11 is 0. The second-order valence-corrected chi connectivity index (χ2v) is 3.89. The zero-order valence-electron chi connectivity index (χ0n) is 9.91. The van der Waals surface area contributed by atoms with Crippen molar-refractivity contribution in [3.05, 3.63) is 52.5 Å². The van der Waals surface area contributed by atoms with E-state index in [2.05, 4.69) is 4.98 Å². The van der Waals surface area contributed by atoms with E-state index in [9.17, 15) is 9.59 Å². The number of carbonyl (C=O) groups is 1. The van der Waals surface area contributed by atoms with Crippen LogP contribution in [0.25, 0.3) is 0 Å². The summed E-state index contributed by atoms with van der Waals surface area (Å²) in [5, 5.41) is 8.86. The topological polar surface area (TPSA) is 77.1 Å². The summed E-state index contributed by atoms with van der Waals surface area (Å²) in [6.45, 7) is 2.86. The first-order valence-corrected chi connectivity index (χ1v) is 5.50. The minimum absolute atomic E-state index is 0.208. The van der Waals surface area contributed by atoms with Crippen LogP contribution in [0.15, 0.2) is 35.5 Å². The number of carboxylic acid groups (broad SMARTS) is 1. The van der Waals surface area contributed by atoms with Crippen molar-refractivity contribution < 1.29 is 9.90 Å². The van der Waals surface area contributed by atoms with E-state index in [-0.39, 0.29) is 5.56 Å². The zero-order chi connectivity index (χ0) is 13.1. The highest BCUT2D eigenvalue weighted by atomic mass is 16.4. The standard InChI is InChI=1S/C12H13N3O3/c1-9-13-4-6-14(9)7-8-15-5-2-3-10(11(15)16)12(17)18/h2-6H,7-8H2,1H3,(H,17,18). The number of aromatic carboxylic acids is 1. The molecule has 2 aromatic rings. The summed E-state index contributed by atoms with van der Waals surface area (Å²) in [6, 6.07) is 2.87. The minimum Gasteiger partial charge on any atom is -0.477 e. The van der Waals surface area contributed by atoms with E-state index in [0.717, 1.165) is 5.82 Å². The van der Waals surface area contributed by atoms with Crippen LogP contribution in [0, 0.1) is 6.92 Å². The quantitative estimate of drug-likeness (QED) is 0.865. The lowest BCUT2D eigenvalue weighted by atomic mass is 10.3. The lowest BCUT2D eigenvalue weighted by Crippen LogP contribution is -2.27. The van der Waals surface area contributed by atoms with E-state index < -0.39 is 11.5 Å². The fourth-order valence-corrected chi connectivity index (χ4v) is 1.73. The minimum atomic E-state index is -1.20. The maximum atomic E-state index is 11.8. The summed E-state index contributed by atoms with van der Waals surface area (Å²) in [6.07, 6.45) is 5.09. The van der Waals surface area contributed by atoms with Crippen LogP contribution >= 0.6 is 0 Å². The summed E-state index contributed by atoms with van der Waals surface area (Å²) in [4.78, 5) is 26.7. The van der Waals surface area contributed by atoms with Gasteiger partial charge in [0.15, 0.2) is 0 Å². The number of hydrogen-bond donors (Lipinski definition) is 1. The Morgan fingerprint density at radius 2 is 2.06 bits per heavy atom. The summed E-state index contributed by atoms with van der Waals surface area (Å²) in [5.74, 6) is -0.342. The molecule has 0 unspecified atom stereocenters. The first-order chi connectivity index (χ1) is 8.59. The van der Waals surface area contributed by atoms with Crippen molar-refractivity contribution in [3.63, 3.8) is 0 Å². The Morgan fingerprint density at radius 3 is 2.67 bits per heavy atom. The van der Waals surface area contributed by atoms with E-state index in [1.54, 1.807) is 18.5 Å². The van der Waals surface area contributed by atoms with Crippen molar-refractivity contribution in [1.82, 2.24) is 14.1 Å². The molecule has 2 rings (SSSR count). The molecule has 0 aliphatic carbocycles. The number of hydrogen-bond acceptors (Lipinski definition) is 3. The molecular weight excluding hydrogens is 234 g/mol. The Morgan fingerprint density at radius 1 is 1.33 bits per heavy atom. The molecule has 0 radical (unpaired) electrons. The molecule has 0 saturated heterocycles. The number of aromatic nitrogens is 3. The molecule has 2 heterocycles. The van der Waals surface area contributed by atoms with Gasteiger partial charge in [-0.2, -0.15) is 0 Å². The van der Waals surface area contributed by atoms with E-state index in [4.69, 9.17) is 5.11 Å². The third-order valence-corrected chi connectivity index (χ3v) is 2.76. The van der Waals surface area contributed by atoms with Crippen LogP contribution in [-0.4, -0.2) is 25.2 Å². The molecule has 0 spiro atoms. The normalized spacial score (nSPS) is 10.5. The summed E-state index contributed by atoms with van der Waals surface area (Å²) < 4.78 is 3.29. The number of nitrogens with zero attached hydrogens (tertiary/aromatic N) is 3. The smallest absolute Gasteiger partial charge is 0.341 e. The van der Waals surface area contributed by atoms with Gasteiger partial charge < -0.3 is 14.2 Å². The van der Waals surface area contributed by atoms with E-state index in [0.29, 0.717) is 13.1 Å². The van der Waals surface area contributed by atoms with Crippen molar-refractivity contribution in [3.8, 4) is 0 Å². The van der Waals surface area contributed by atoms with Gasteiger partial charge in [-0.3, -0.25) is 4.79 Å². The SMILES string of the molecule is Cc1nccn1CCn1cccc(C(=O)O)c1=O. The molecule has 2 aromatic heterocycles. The fraction of sp³-hybridized carbons (Fsp3) is 0.250. The number of carboxylic acids is 1. The summed E-state index contributed by atoms with van der Waals surface area (Å²) in [7, 11) is 0. The Balaban J connectivity index is 2.20. The Labute approximate surface area is 103 Å².